The van der Waals surface area contributed by atoms with E-state index in [1.165, 1.54) is 30.4 Å². The molecule has 0 heterocycles. The third-order valence-corrected chi connectivity index (χ3v) is 3.31. The Labute approximate surface area is 108 Å². The Bertz CT molecular complexity index is 452. The zero-order chi connectivity index (χ0) is 13.2. The maximum Gasteiger partial charge on any atom is 0.221 e. The maximum atomic E-state index is 11.0. The molecule has 98 valence electrons. The highest BCUT2D eigenvalue weighted by atomic mass is 16.5. The van der Waals surface area contributed by atoms with Gasteiger partial charge < -0.3 is 10.5 Å². The Morgan fingerprint density at radius 3 is 2.61 bits per heavy atom. The molecule has 0 spiro atoms. The van der Waals surface area contributed by atoms with E-state index in [1.807, 2.05) is 19.9 Å². The first-order chi connectivity index (χ1) is 8.46. The molecule has 1 aliphatic rings. The fourth-order valence-electron chi connectivity index (χ4n) is 2.55. The van der Waals surface area contributed by atoms with Crippen LogP contribution in [-0.4, -0.2) is 11.5 Å². The molecule has 0 saturated heterocycles. The fraction of sp³-hybridized carbons (Fsp3) is 0.533. The van der Waals surface area contributed by atoms with Gasteiger partial charge in [0.25, 0.3) is 0 Å². The SMILES string of the molecule is CC(C)(CC(N)=O)Oc1ccc2c(c1)CCCC2. The van der Waals surface area contributed by atoms with Crippen LogP contribution >= 0.6 is 0 Å². The van der Waals surface area contributed by atoms with E-state index >= 15 is 0 Å². The second kappa shape index (κ2) is 5.01. The normalized spacial score (nSPS) is 15.0. The molecule has 0 radical (unpaired) electrons. The molecule has 0 atom stereocenters. The van der Waals surface area contributed by atoms with Crippen molar-refractivity contribution in [2.75, 3.05) is 0 Å². The predicted molar refractivity (Wildman–Crippen MR) is 71.6 cm³/mol. The van der Waals surface area contributed by atoms with Crippen molar-refractivity contribution >= 4 is 5.91 Å². The van der Waals surface area contributed by atoms with E-state index in [9.17, 15) is 4.79 Å². The lowest BCUT2D eigenvalue weighted by Crippen LogP contribution is -2.34. The van der Waals surface area contributed by atoms with Crippen LogP contribution in [0.15, 0.2) is 18.2 Å². The lowest BCUT2D eigenvalue weighted by Gasteiger charge is -2.26. The van der Waals surface area contributed by atoms with Gasteiger partial charge in [0.15, 0.2) is 0 Å². The molecule has 0 aromatic heterocycles. The van der Waals surface area contributed by atoms with Crippen LogP contribution < -0.4 is 10.5 Å². The molecule has 1 aliphatic carbocycles. The minimum absolute atomic E-state index is 0.226. The van der Waals surface area contributed by atoms with Gasteiger partial charge in [0.05, 0.1) is 6.42 Å². The number of amides is 1. The van der Waals surface area contributed by atoms with Gasteiger partial charge in [-0.05, 0) is 62.8 Å². The van der Waals surface area contributed by atoms with Crippen LogP contribution in [-0.2, 0) is 17.6 Å². The van der Waals surface area contributed by atoms with Gasteiger partial charge >= 0.3 is 0 Å². The Balaban J connectivity index is 2.12. The van der Waals surface area contributed by atoms with Crippen LogP contribution in [0.4, 0.5) is 0 Å². The number of carbonyl (C=O) groups is 1. The van der Waals surface area contributed by atoms with E-state index in [2.05, 4.69) is 12.1 Å². The highest BCUT2D eigenvalue weighted by molar-refractivity contribution is 5.74. The summed E-state index contributed by atoms with van der Waals surface area (Å²) in [6, 6.07) is 6.24. The van der Waals surface area contributed by atoms with E-state index in [1.54, 1.807) is 0 Å². The molecule has 1 aromatic rings. The van der Waals surface area contributed by atoms with Crippen molar-refractivity contribution in [3.63, 3.8) is 0 Å². The maximum absolute atomic E-state index is 11.0. The van der Waals surface area contributed by atoms with Crippen LogP contribution in [0.5, 0.6) is 5.75 Å². The van der Waals surface area contributed by atoms with E-state index in [0.717, 1.165) is 12.2 Å². The summed E-state index contributed by atoms with van der Waals surface area (Å²) >= 11 is 0. The van der Waals surface area contributed by atoms with Crippen LogP contribution in [0.25, 0.3) is 0 Å². The van der Waals surface area contributed by atoms with Gasteiger partial charge in [0, 0.05) is 0 Å². The van der Waals surface area contributed by atoms with Gasteiger partial charge in [0.2, 0.25) is 5.91 Å². The molecule has 1 amide bonds. The number of carbonyl (C=O) groups excluding carboxylic acids is 1. The summed E-state index contributed by atoms with van der Waals surface area (Å²) in [5, 5.41) is 0. The van der Waals surface area contributed by atoms with Crippen LogP contribution in [0, 0.1) is 0 Å². The van der Waals surface area contributed by atoms with Gasteiger partial charge in [-0.2, -0.15) is 0 Å². The minimum atomic E-state index is -0.547. The first-order valence-electron chi connectivity index (χ1n) is 6.55. The lowest BCUT2D eigenvalue weighted by molar-refractivity contribution is -0.121. The number of benzene rings is 1. The Kier molecular flexibility index (Phi) is 3.60. The van der Waals surface area contributed by atoms with Crippen molar-refractivity contribution in [2.24, 2.45) is 5.73 Å². The predicted octanol–water partition coefficient (Wildman–Crippen LogP) is 2.60. The number of primary amides is 1. The molecule has 18 heavy (non-hydrogen) atoms. The standard InChI is InChI=1S/C15H21NO2/c1-15(2,10-14(16)17)18-13-8-7-11-5-3-4-6-12(11)9-13/h7-9H,3-6,10H2,1-2H3,(H2,16,17). The second-order valence-corrected chi connectivity index (χ2v) is 5.64. The first-order valence-corrected chi connectivity index (χ1v) is 6.55. The molecule has 0 saturated carbocycles. The van der Waals surface area contributed by atoms with Crippen molar-refractivity contribution in [1.29, 1.82) is 0 Å². The van der Waals surface area contributed by atoms with Gasteiger partial charge in [-0.25, -0.2) is 0 Å². The average molecular weight is 247 g/mol. The summed E-state index contributed by atoms with van der Waals surface area (Å²) in [6.45, 7) is 3.77. The molecular formula is C15H21NO2. The number of fused-ring (bicyclic) bond motifs is 1. The van der Waals surface area contributed by atoms with Crippen molar-refractivity contribution in [2.45, 2.75) is 51.6 Å². The number of ether oxygens (including phenoxy) is 1. The third kappa shape index (κ3) is 3.25. The summed E-state index contributed by atoms with van der Waals surface area (Å²) in [5.41, 5.74) is 7.49. The van der Waals surface area contributed by atoms with Crippen molar-refractivity contribution in [3.05, 3.63) is 29.3 Å². The Morgan fingerprint density at radius 1 is 1.28 bits per heavy atom. The number of rotatable bonds is 4. The monoisotopic (exact) mass is 247 g/mol. The molecule has 0 unspecified atom stereocenters. The number of aryl methyl sites for hydroxylation is 2. The van der Waals surface area contributed by atoms with E-state index in [-0.39, 0.29) is 12.3 Å². The molecule has 3 nitrogen and oxygen atoms in total. The highest BCUT2D eigenvalue weighted by Gasteiger charge is 2.23. The summed E-state index contributed by atoms with van der Waals surface area (Å²) in [4.78, 5) is 11.0. The van der Waals surface area contributed by atoms with Crippen LogP contribution in [0.2, 0.25) is 0 Å². The Morgan fingerprint density at radius 2 is 1.94 bits per heavy atom. The summed E-state index contributed by atoms with van der Waals surface area (Å²) in [7, 11) is 0. The molecular weight excluding hydrogens is 226 g/mol. The van der Waals surface area contributed by atoms with Crippen molar-refractivity contribution in [3.8, 4) is 5.75 Å². The molecule has 3 heteroatoms. The van der Waals surface area contributed by atoms with Gasteiger partial charge in [-0.15, -0.1) is 0 Å². The minimum Gasteiger partial charge on any atom is -0.487 e. The van der Waals surface area contributed by atoms with Crippen molar-refractivity contribution in [1.82, 2.24) is 0 Å². The summed E-state index contributed by atoms with van der Waals surface area (Å²) in [5.74, 6) is 0.500. The molecule has 2 N–H and O–H groups in total. The number of hydrogen-bond acceptors (Lipinski definition) is 2. The highest BCUT2D eigenvalue weighted by Crippen LogP contribution is 2.28. The second-order valence-electron chi connectivity index (χ2n) is 5.64. The number of nitrogens with two attached hydrogens (primary N) is 1. The lowest BCUT2D eigenvalue weighted by atomic mass is 9.91. The first kappa shape index (κ1) is 12.9. The summed E-state index contributed by atoms with van der Waals surface area (Å²) in [6.07, 6.45) is 5.05. The molecule has 0 fully saturated rings. The van der Waals surface area contributed by atoms with Crippen molar-refractivity contribution < 1.29 is 9.53 Å². The smallest absolute Gasteiger partial charge is 0.221 e. The average Bonchev–Trinajstić information content (AvgIpc) is 2.26. The molecule has 0 bridgehead atoms. The number of hydrogen-bond donors (Lipinski definition) is 1. The zero-order valence-electron chi connectivity index (χ0n) is 11.2. The largest absolute Gasteiger partial charge is 0.487 e. The van der Waals surface area contributed by atoms with E-state index in [0.29, 0.717) is 0 Å². The van der Waals surface area contributed by atoms with Crippen LogP contribution in [0.3, 0.4) is 0 Å². The summed E-state index contributed by atoms with van der Waals surface area (Å²) < 4.78 is 5.88. The quantitative estimate of drug-likeness (QED) is 0.889. The van der Waals surface area contributed by atoms with Gasteiger partial charge in [0.1, 0.15) is 11.4 Å². The third-order valence-electron chi connectivity index (χ3n) is 3.31. The van der Waals surface area contributed by atoms with Crippen LogP contribution in [0.1, 0.15) is 44.2 Å². The van der Waals surface area contributed by atoms with E-state index in [4.69, 9.17) is 10.5 Å². The van der Waals surface area contributed by atoms with Gasteiger partial charge in [-0.3, -0.25) is 4.79 Å². The Hall–Kier alpha value is -1.51. The molecule has 2 rings (SSSR count). The molecule has 1 aromatic carbocycles. The topological polar surface area (TPSA) is 52.3 Å². The molecule has 0 aliphatic heterocycles. The zero-order valence-corrected chi connectivity index (χ0v) is 11.2. The fourth-order valence-corrected chi connectivity index (χ4v) is 2.55. The van der Waals surface area contributed by atoms with Gasteiger partial charge in [-0.1, -0.05) is 6.07 Å². The van der Waals surface area contributed by atoms with E-state index < -0.39 is 5.60 Å².